The SMILES string of the molecule is COc1ccccc1N(C)c1ccc(N)c(C#N)n1. The van der Waals surface area contributed by atoms with Crippen molar-refractivity contribution in [2.24, 2.45) is 0 Å². The molecule has 1 aromatic heterocycles. The second kappa shape index (κ2) is 5.27. The number of benzene rings is 1. The van der Waals surface area contributed by atoms with Gasteiger partial charge in [-0.1, -0.05) is 12.1 Å². The van der Waals surface area contributed by atoms with E-state index >= 15 is 0 Å². The maximum Gasteiger partial charge on any atom is 0.165 e. The third-order valence-corrected chi connectivity index (χ3v) is 2.81. The highest BCUT2D eigenvalue weighted by atomic mass is 16.5. The lowest BCUT2D eigenvalue weighted by Gasteiger charge is -2.21. The smallest absolute Gasteiger partial charge is 0.165 e. The number of methoxy groups -OCH3 is 1. The quantitative estimate of drug-likeness (QED) is 0.909. The highest BCUT2D eigenvalue weighted by Crippen LogP contribution is 2.31. The number of para-hydroxylation sites is 2. The molecular formula is C14H14N4O. The molecule has 0 amide bonds. The van der Waals surface area contributed by atoms with Gasteiger partial charge in [0.25, 0.3) is 0 Å². The lowest BCUT2D eigenvalue weighted by Crippen LogP contribution is -2.13. The first-order valence-electron chi connectivity index (χ1n) is 5.70. The van der Waals surface area contributed by atoms with Crippen LogP contribution in [0.25, 0.3) is 0 Å². The van der Waals surface area contributed by atoms with Gasteiger partial charge in [0.1, 0.15) is 17.6 Å². The van der Waals surface area contributed by atoms with E-state index in [2.05, 4.69) is 4.98 Å². The molecule has 0 radical (unpaired) electrons. The fourth-order valence-electron chi connectivity index (χ4n) is 1.77. The Balaban J connectivity index is 2.44. The zero-order valence-electron chi connectivity index (χ0n) is 10.8. The first-order valence-corrected chi connectivity index (χ1v) is 5.70. The van der Waals surface area contributed by atoms with Crippen LogP contribution in [0, 0.1) is 11.3 Å². The number of ether oxygens (including phenoxy) is 1. The minimum Gasteiger partial charge on any atom is -0.495 e. The second-order valence-corrected chi connectivity index (χ2v) is 3.95. The van der Waals surface area contributed by atoms with Crippen LogP contribution >= 0.6 is 0 Å². The summed E-state index contributed by atoms with van der Waals surface area (Å²) in [6, 6.07) is 13.0. The predicted octanol–water partition coefficient (Wildman–Crippen LogP) is 2.31. The van der Waals surface area contributed by atoms with Crippen LogP contribution in [0.15, 0.2) is 36.4 Å². The van der Waals surface area contributed by atoms with E-state index in [1.807, 2.05) is 42.3 Å². The van der Waals surface area contributed by atoms with Gasteiger partial charge in [0, 0.05) is 7.05 Å². The molecule has 0 saturated carbocycles. The van der Waals surface area contributed by atoms with Crippen LogP contribution in [0.5, 0.6) is 5.75 Å². The van der Waals surface area contributed by atoms with Crippen molar-refractivity contribution < 1.29 is 4.74 Å². The number of nitrogen functional groups attached to an aromatic ring is 1. The van der Waals surface area contributed by atoms with Gasteiger partial charge in [0.2, 0.25) is 0 Å². The van der Waals surface area contributed by atoms with Crippen LogP contribution in [0.3, 0.4) is 0 Å². The average Bonchev–Trinajstić information content (AvgIpc) is 2.47. The van der Waals surface area contributed by atoms with Gasteiger partial charge in [0.15, 0.2) is 5.69 Å². The fourth-order valence-corrected chi connectivity index (χ4v) is 1.77. The molecule has 5 nitrogen and oxygen atoms in total. The van der Waals surface area contributed by atoms with Crippen LogP contribution in [0.1, 0.15) is 5.69 Å². The van der Waals surface area contributed by atoms with Gasteiger partial charge in [-0.3, -0.25) is 0 Å². The lowest BCUT2D eigenvalue weighted by molar-refractivity contribution is 0.415. The Hall–Kier alpha value is -2.74. The minimum atomic E-state index is 0.222. The molecular weight excluding hydrogens is 240 g/mol. The van der Waals surface area contributed by atoms with Crippen molar-refractivity contribution in [3.8, 4) is 11.8 Å². The molecule has 0 fully saturated rings. The number of aromatic nitrogens is 1. The Morgan fingerprint density at radius 3 is 2.68 bits per heavy atom. The summed E-state index contributed by atoms with van der Waals surface area (Å²) in [6.07, 6.45) is 0. The molecule has 0 unspecified atom stereocenters. The normalized spacial score (nSPS) is 9.74. The van der Waals surface area contributed by atoms with Gasteiger partial charge in [-0.05, 0) is 24.3 Å². The average molecular weight is 254 g/mol. The Bertz CT molecular complexity index is 634. The van der Waals surface area contributed by atoms with Gasteiger partial charge in [-0.25, -0.2) is 4.98 Å². The summed E-state index contributed by atoms with van der Waals surface area (Å²) in [5.74, 6) is 1.37. The molecule has 0 bridgehead atoms. The first-order chi connectivity index (χ1) is 9.17. The van der Waals surface area contributed by atoms with Crippen molar-refractivity contribution in [2.45, 2.75) is 0 Å². The van der Waals surface area contributed by atoms with Gasteiger partial charge < -0.3 is 15.4 Å². The summed E-state index contributed by atoms with van der Waals surface area (Å²) in [6.45, 7) is 0. The van der Waals surface area contributed by atoms with Crippen LogP contribution < -0.4 is 15.4 Å². The molecule has 2 rings (SSSR count). The number of nitrogens with zero attached hydrogens (tertiary/aromatic N) is 3. The number of pyridine rings is 1. The van der Waals surface area contributed by atoms with E-state index in [-0.39, 0.29) is 5.69 Å². The predicted molar refractivity (Wildman–Crippen MR) is 74.4 cm³/mol. The standard InChI is InChI=1S/C14H14N4O/c1-18(12-5-3-4-6-13(12)19-2)14-8-7-10(16)11(9-15)17-14/h3-8H,16H2,1-2H3. The summed E-state index contributed by atoms with van der Waals surface area (Å²) in [7, 11) is 3.47. The minimum absolute atomic E-state index is 0.222. The molecule has 19 heavy (non-hydrogen) atoms. The highest BCUT2D eigenvalue weighted by molar-refractivity contribution is 5.68. The van der Waals surface area contributed by atoms with Crippen molar-refractivity contribution in [3.05, 3.63) is 42.1 Å². The Morgan fingerprint density at radius 2 is 2.00 bits per heavy atom. The largest absolute Gasteiger partial charge is 0.495 e. The van der Waals surface area contributed by atoms with E-state index in [9.17, 15) is 0 Å². The van der Waals surface area contributed by atoms with E-state index in [4.69, 9.17) is 15.7 Å². The summed E-state index contributed by atoms with van der Waals surface area (Å²) in [5, 5.41) is 8.96. The van der Waals surface area contributed by atoms with Crippen molar-refractivity contribution in [1.82, 2.24) is 4.98 Å². The summed E-state index contributed by atoms with van der Waals surface area (Å²) in [5.41, 5.74) is 7.13. The van der Waals surface area contributed by atoms with Gasteiger partial charge in [-0.15, -0.1) is 0 Å². The van der Waals surface area contributed by atoms with Crippen molar-refractivity contribution in [1.29, 1.82) is 5.26 Å². The molecule has 1 aromatic carbocycles. The Morgan fingerprint density at radius 1 is 1.26 bits per heavy atom. The van der Waals surface area contributed by atoms with E-state index in [1.165, 1.54) is 0 Å². The van der Waals surface area contributed by atoms with Crippen LogP contribution in [0.4, 0.5) is 17.2 Å². The molecule has 0 aliphatic carbocycles. The summed E-state index contributed by atoms with van der Waals surface area (Å²) in [4.78, 5) is 6.07. The molecule has 0 aliphatic heterocycles. The van der Waals surface area contributed by atoms with Crippen LogP contribution in [-0.2, 0) is 0 Å². The van der Waals surface area contributed by atoms with E-state index in [1.54, 1.807) is 19.2 Å². The third-order valence-electron chi connectivity index (χ3n) is 2.81. The van der Waals surface area contributed by atoms with E-state index < -0.39 is 0 Å². The van der Waals surface area contributed by atoms with Crippen molar-refractivity contribution in [3.63, 3.8) is 0 Å². The van der Waals surface area contributed by atoms with Gasteiger partial charge in [-0.2, -0.15) is 5.26 Å². The lowest BCUT2D eigenvalue weighted by atomic mass is 10.2. The maximum absolute atomic E-state index is 8.96. The number of hydrogen-bond donors (Lipinski definition) is 1. The monoisotopic (exact) mass is 254 g/mol. The van der Waals surface area contributed by atoms with Crippen molar-refractivity contribution >= 4 is 17.2 Å². The summed E-state index contributed by atoms with van der Waals surface area (Å²) < 4.78 is 5.31. The molecule has 0 saturated heterocycles. The molecule has 0 spiro atoms. The van der Waals surface area contributed by atoms with Crippen LogP contribution in [-0.4, -0.2) is 19.1 Å². The summed E-state index contributed by atoms with van der Waals surface area (Å²) >= 11 is 0. The Kier molecular flexibility index (Phi) is 3.53. The molecule has 0 atom stereocenters. The third kappa shape index (κ3) is 2.43. The van der Waals surface area contributed by atoms with E-state index in [0.29, 0.717) is 11.5 Å². The number of anilines is 3. The molecule has 5 heteroatoms. The number of nitriles is 1. The number of rotatable bonds is 3. The van der Waals surface area contributed by atoms with Gasteiger partial charge >= 0.3 is 0 Å². The molecule has 96 valence electrons. The number of nitrogens with two attached hydrogens (primary N) is 1. The Labute approximate surface area is 111 Å². The zero-order valence-corrected chi connectivity index (χ0v) is 10.8. The zero-order chi connectivity index (χ0) is 13.8. The number of hydrogen-bond acceptors (Lipinski definition) is 5. The van der Waals surface area contributed by atoms with E-state index in [0.717, 1.165) is 11.4 Å². The molecule has 2 N–H and O–H groups in total. The highest BCUT2D eigenvalue weighted by Gasteiger charge is 2.12. The fraction of sp³-hybridized carbons (Fsp3) is 0.143. The topological polar surface area (TPSA) is 75.2 Å². The molecule has 0 aliphatic rings. The van der Waals surface area contributed by atoms with Crippen molar-refractivity contribution in [2.75, 3.05) is 24.8 Å². The second-order valence-electron chi connectivity index (χ2n) is 3.95. The first kappa shape index (κ1) is 12.7. The van der Waals surface area contributed by atoms with Crippen LogP contribution in [0.2, 0.25) is 0 Å². The molecule has 2 aromatic rings. The maximum atomic E-state index is 8.96. The van der Waals surface area contributed by atoms with Gasteiger partial charge in [0.05, 0.1) is 18.5 Å². The molecule has 1 heterocycles.